The minimum Gasteiger partial charge on any atom is -0.338 e. The number of fused-ring (bicyclic) bond motifs is 1. The Balaban J connectivity index is 1.59. The van der Waals surface area contributed by atoms with E-state index in [-0.39, 0.29) is 11.8 Å². The van der Waals surface area contributed by atoms with E-state index in [0.29, 0.717) is 18.7 Å². The van der Waals surface area contributed by atoms with Gasteiger partial charge in [0.25, 0.3) is 0 Å². The Morgan fingerprint density at radius 1 is 1.29 bits per heavy atom. The number of carbonyl (C=O) groups is 1. The molecule has 0 saturated carbocycles. The van der Waals surface area contributed by atoms with Crippen LogP contribution in [0.25, 0.3) is 11.0 Å². The number of anilines is 1. The number of benzene rings is 1. The fourth-order valence-electron chi connectivity index (χ4n) is 2.69. The third kappa shape index (κ3) is 3.53. The summed E-state index contributed by atoms with van der Waals surface area (Å²) in [6.07, 6.45) is 4.55. The smallest absolute Gasteiger partial charge is 0.319 e. The van der Waals surface area contributed by atoms with Crippen molar-refractivity contribution in [3.63, 3.8) is 0 Å². The number of amides is 2. The molecule has 0 aliphatic rings. The fraction of sp³-hybridized carbons (Fsp3) is 0.222. The molecule has 0 unspecified atom stereocenters. The molecular weight excluding hydrogens is 307 g/mol. The molecule has 0 atom stereocenters. The van der Waals surface area contributed by atoms with Crippen molar-refractivity contribution in [3.05, 3.63) is 60.2 Å². The van der Waals surface area contributed by atoms with E-state index in [9.17, 15) is 9.18 Å². The van der Waals surface area contributed by atoms with Gasteiger partial charge in [0.15, 0.2) is 0 Å². The lowest BCUT2D eigenvalue weighted by molar-refractivity contribution is 0.252. The minimum absolute atomic E-state index is 0.349. The second-order valence-electron chi connectivity index (χ2n) is 5.46. The first kappa shape index (κ1) is 16.0. The first-order valence-corrected chi connectivity index (χ1v) is 7.90. The number of nitrogens with one attached hydrogen (secondary N) is 2. The molecule has 6 heteroatoms. The highest BCUT2D eigenvalue weighted by molar-refractivity contribution is 5.89. The monoisotopic (exact) mass is 326 g/mol. The second-order valence-corrected chi connectivity index (χ2v) is 5.46. The topological polar surface area (TPSA) is 59.0 Å². The van der Waals surface area contributed by atoms with Crippen LogP contribution >= 0.6 is 0 Å². The third-order valence-electron chi connectivity index (χ3n) is 3.82. The number of aryl methyl sites for hydroxylation is 1. The molecule has 0 aliphatic heterocycles. The molecule has 0 spiro atoms. The zero-order chi connectivity index (χ0) is 16.9. The molecule has 0 radical (unpaired) electrons. The van der Waals surface area contributed by atoms with Crippen LogP contribution in [-0.2, 0) is 13.0 Å². The summed E-state index contributed by atoms with van der Waals surface area (Å²) in [6.45, 7) is 3.41. The summed E-state index contributed by atoms with van der Waals surface area (Å²) < 4.78 is 15.2. The highest BCUT2D eigenvalue weighted by Gasteiger charge is 2.09. The number of nitrogens with zero attached hydrogens (tertiary/aromatic N) is 2. The average Bonchev–Trinajstić information content (AvgIpc) is 2.93. The quantitative estimate of drug-likeness (QED) is 0.753. The number of hydrogen-bond donors (Lipinski definition) is 2. The molecular formula is C18H19FN4O. The zero-order valence-electron chi connectivity index (χ0n) is 13.4. The fourth-order valence-corrected chi connectivity index (χ4v) is 2.69. The third-order valence-corrected chi connectivity index (χ3v) is 3.82. The van der Waals surface area contributed by atoms with Gasteiger partial charge in [0.1, 0.15) is 11.5 Å². The Morgan fingerprint density at radius 3 is 2.96 bits per heavy atom. The van der Waals surface area contributed by atoms with Crippen LogP contribution < -0.4 is 10.6 Å². The maximum absolute atomic E-state index is 13.1. The molecule has 2 amide bonds. The lowest BCUT2D eigenvalue weighted by Gasteiger charge is -2.07. The van der Waals surface area contributed by atoms with E-state index < -0.39 is 0 Å². The number of aromatic nitrogens is 2. The highest BCUT2D eigenvalue weighted by atomic mass is 19.1. The first-order valence-electron chi connectivity index (χ1n) is 7.90. The van der Waals surface area contributed by atoms with Gasteiger partial charge >= 0.3 is 6.03 Å². The summed E-state index contributed by atoms with van der Waals surface area (Å²) >= 11 is 0. The molecule has 3 aromatic rings. The zero-order valence-corrected chi connectivity index (χ0v) is 13.4. The maximum atomic E-state index is 13.1. The Hall–Kier alpha value is -2.89. The Bertz CT molecular complexity index is 859. The van der Waals surface area contributed by atoms with Gasteiger partial charge in [-0.1, -0.05) is 6.07 Å². The number of carbonyl (C=O) groups excluding carboxylic acids is 1. The Kier molecular flexibility index (Phi) is 4.74. The standard InChI is InChI=1S/C18H19FN4O/c1-2-23-12-13(16-7-4-9-20-17(16)23)8-10-21-18(24)22-15-6-3-5-14(19)11-15/h3-7,9,11-12H,2,8,10H2,1H3,(H2,21,22,24). The van der Waals surface area contributed by atoms with Crippen molar-refractivity contribution in [2.24, 2.45) is 0 Å². The van der Waals surface area contributed by atoms with Crippen LogP contribution in [0.2, 0.25) is 0 Å². The lowest BCUT2D eigenvalue weighted by Crippen LogP contribution is -2.30. The van der Waals surface area contributed by atoms with E-state index >= 15 is 0 Å². The van der Waals surface area contributed by atoms with Crippen molar-refractivity contribution >= 4 is 22.8 Å². The molecule has 3 rings (SSSR count). The van der Waals surface area contributed by atoms with E-state index in [1.54, 1.807) is 18.3 Å². The normalized spacial score (nSPS) is 10.8. The van der Waals surface area contributed by atoms with Crippen molar-refractivity contribution in [1.29, 1.82) is 0 Å². The number of rotatable bonds is 5. The van der Waals surface area contributed by atoms with Gasteiger partial charge in [-0.15, -0.1) is 0 Å². The van der Waals surface area contributed by atoms with Gasteiger partial charge in [0, 0.05) is 36.6 Å². The summed E-state index contributed by atoms with van der Waals surface area (Å²) in [5.74, 6) is -0.382. The molecule has 0 aliphatic carbocycles. The van der Waals surface area contributed by atoms with Gasteiger partial charge in [-0.2, -0.15) is 0 Å². The van der Waals surface area contributed by atoms with Gasteiger partial charge in [0.2, 0.25) is 0 Å². The summed E-state index contributed by atoms with van der Waals surface area (Å²) in [7, 11) is 0. The number of pyridine rings is 1. The molecule has 1 aromatic carbocycles. The lowest BCUT2D eigenvalue weighted by atomic mass is 10.1. The van der Waals surface area contributed by atoms with E-state index in [0.717, 1.165) is 23.1 Å². The minimum atomic E-state index is -0.382. The van der Waals surface area contributed by atoms with Crippen molar-refractivity contribution in [2.75, 3.05) is 11.9 Å². The molecule has 24 heavy (non-hydrogen) atoms. The molecule has 2 N–H and O–H groups in total. The van der Waals surface area contributed by atoms with Crippen LogP contribution in [0.4, 0.5) is 14.9 Å². The predicted molar refractivity (Wildman–Crippen MR) is 92.5 cm³/mol. The highest BCUT2D eigenvalue weighted by Crippen LogP contribution is 2.19. The van der Waals surface area contributed by atoms with Gasteiger partial charge in [0.05, 0.1) is 0 Å². The maximum Gasteiger partial charge on any atom is 0.319 e. The van der Waals surface area contributed by atoms with Crippen molar-refractivity contribution in [1.82, 2.24) is 14.9 Å². The van der Waals surface area contributed by atoms with Crippen LogP contribution in [0.3, 0.4) is 0 Å². The number of halogens is 1. The van der Waals surface area contributed by atoms with Crippen LogP contribution in [0.1, 0.15) is 12.5 Å². The van der Waals surface area contributed by atoms with E-state index in [1.165, 1.54) is 12.1 Å². The molecule has 2 aromatic heterocycles. The van der Waals surface area contributed by atoms with Crippen molar-refractivity contribution in [3.8, 4) is 0 Å². The van der Waals surface area contributed by atoms with Gasteiger partial charge in [-0.25, -0.2) is 14.2 Å². The number of urea groups is 1. The van der Waals surface area contributed by atoms with Gasteiger partial charge < -0.3 is 15.2 Å². The summed E-state index contributed by atoms with van der Waals surface area (Å²) in [6, 6.07) is 9.41. The summed E-state index contributed by atoms with van der Waals surface area (Å²) in [5.41, 5.74) is 2.53. The summed E-state index contributed by atoms with van der Waals surface area (Å²) in [4.78, 5) is 16.3. The van der Waals surface area contributed by atoms with Crippen LogP contribution in [0.5, 0.6) is 0 Å². The average molecular weight is 326 g/mol. The second kappa shape index (κ2) is 7.12. The van der Waals surface area contributed by atoms with Crippen LogP contribution in [0, 0.1) is 5.82 Å². The number of hydrogen-bond acceptors (Lipinski definition) is 2. The van der Waals surface area contributed by atoms with Crippen molar-refractivity contribution in [2.45, 2.75) is 19.9 Å². The Morgan fingerprint density at radius 2 is 2.17 bits per heavy atom. The van der Waals surface area contributed by atoms with Crippen molar-refractivity contribution < 1.29 is 9.18 Å². The molecule has 124 valence electrons. The van der Waals surface area contributed by atoms with Gasteiger partial charge in [-0.3, -0.25) is 0 Å². The van der Waals surface area contributed by atoms with E-state index in [1.807, 2.05) is 12.1 Å². The SMILES string of the molecule is CCn1cc(CCNC(=O)Nc2cccc(F)c2)c2cccnc21. The molecule has 0 bridgehead atoms. The predicted octanol–water partition coefficient (Wildman–Crippen LogP) is 3.56. The van der Waals surface area contributed by atoms with Crippen LogP contribution in [0.15, 0.2) is 48.8 Å². The molecule has 0 saturated heterocycles. The van der Waals surface area contributed by atoms with Gasteiger partial charge in [-0.05, 0) is 49.2 Å². The Labute approximate surface area is 139 Å². The molecule has 2 heterocycles. The molecule has 0 fully saturated rings. The van der Waals surface area contributed by atoms with E-state index in [2.05, 4.69) is 33.3 Å². The van der Waals surface area contributed by atoms with Crippen LogP contribution in [-0.4, -0.2) is 22.1 Å². The largest absolute Gasteiger partial charge is 0.338 e. The van der Waals surface area contributed by atoms with E-state index in [4.69, 9.17) is 0 Å². The molecule has 5 nitrogen and oxygen atoms in total. The summed E-state index contributed by atoms with van der Waals surface area (Å²) in [5, 5.41) is 6.51. The first-order chi connectivity index (χ1) is 11.7.